The number of rotatable bonds is 5. The summed E-state index contributed by atoms with van der Waals surface area (Å²) in [6.45, 7) is 5.26. The molecule has 0 spiro atoms. The molecule has 0 fully saturated rings. The predicted molar refractivity (Wildman–Crippen MR) is 131 cm³/mol. The lowest BCUT2D eigenvalue weighted by Gasteiger charge is -2.19. The molecule has 0 saturated heterocycles. The van der Waals surface area contributed by atoms with E-state index >= 15 is 0 Å². The quantitative estimate of drug-likeness (QED) is 0.384. The van der Waals surface area contributed by atoms with Crippen molar-refractivity contribution < 1.29 is 19.1 Å². The number of anilines is 1. The zero-order chi connectivity index (χ0) is 24.5. The Morgan fingerprint density at radius 3 is 2.68 bits per heavy atom. The first-order valence-corrected chi connectivity index (χ1v) is 11.3. The number of nitrogens with zero attached hydrogens (tertiary/aromatic N) is 3. The molecule has 10 heteroatoms. The van der Waals surface area contributed by atoms with E-state index in [2.05, 4.69) is 26.2 Å². The van der Waals surface area contributed by atoms with Gasteiger partial charge in [-0.1, -0.05) is 0 Å². The highest BCUT2D eigenvalue weighted by atomic mass is 79.9. The Hall–Kier alpha value is -3.66. The number of aromatic nitrogens is 3. The maximum Gasteiger partial charge on any atom is 0.412 e. The van der Waals surface area contributed by atoms with Gasteiger partial charge in [0.15, 0.2) is 0 Å². The molecule has 0 unspecified atom stereocenters. The van der Waals surface area contributed by atoms with Crippen LogP contribution in [0.15, 0.2) is 64.1 Å². The first kappa shape index (κ1) is 23.5. The number of benzene rings is 1. The summed E-state index contributed by atoms with van der Waals surface area (Å²) >= 11 is 3.32. The van der Waals surface area contributed by atoms with Gasteiger partial charge in [-0.15, -0.1) is 0 Å². The number of carbonyl (C=O) groups excluding carboxylic acids is 2. The van der Waals surface area contributed by atoms with Crippen molar-refractivity contribution in [1.29, 1.82) is 0 Å². The minimum Gasteiger partial charge on any atom is -0.458 e. The number of carbonyl (C=O) groups is 2. The number of ether oxygens (including phenoxy) is 2. The molecule has 0 aliphatic carbocycles. The Labute approximate surface area is 203 Å². The normalized spacial score (nSPS) is 11.5. The lowest BCUT2D eigenvalue weighted by Crippen LogP contribution is -2.27. The molecule has 4 aromatic rings. The Balaban J connectivity index is 1.40. The van der Waals surface area contributed by atoms with E-state index in [9.17, 15) is 14.4 Å². The molecule has 0 radical (unpaired) electrons. The molecule has 34 heavy (non-hydrogen) atoms. The SMILES string of the molecule is CC(C)(C)OC(=O)Nc1ccc2c(ccn2CC(=O)OCc2cc(=O)n3cc(Br)ccc3n2)c1. The van der Waals surface area contributed by atoms with Gasteiger partial charge >= 0.3 is 12.1 Å². The van der Waals surface area contributed by atoms with Crippen LogP contribution < -0.4 is 10.9 Å². The van der Waals surface area contributed by atoms with Gasteiger partial charge in [-0.25, -0.2) is 9.78 Å². The lowest BCUT2D eigenvalue weighted by molar-refractivity contribution is -0.145. The van der Waals surface area contributed by atoms with Gasteiger partial charge in [0.25, 0.3) is 5.56 Å². The third kappa shape index (κ3) is 5.63. The van der Waals surface area contributed by atoms with Gasteiger partial charge < -0.3 is 14.0 Å². The molecule has 3 heterocycles. The van der Waals surface area contributed by atoms with E-state index in [1.54, 1.807) is 68.1 Å². The van der Waals surface area contributed by atoms with Crippen LogP contribution in [-0.4, -0.2) is 31.6 Å². The van der Waals surface area contributed by atoms with Crippen LogP contribution in [0.5, 0.6) is 0 Å². The lowest BCUT2D eigenvalue weighted by atomic mass is 10.2. The van der Waals surface area contributed by atoms with E-state index in [-0.39, 0.29) is 18.7 Å². The van der Waals surface area contributed by atoms with Gasteiger partial charge in [-0.05, 0) is 73.1 Å². The zero-order valence-corrected chi connectivity index (χ0v) is 20.5. The average molecular weight is 527 g/mol. The van der Waals surface area contributed by atoms with Gasteiger partial charge in [-0.3, -0.25) is 19.3 Å². The van der Waals surface area contributed by atoms with Gasteiger partial charge in [0.1, 0.15) is 24.4 Å². The highest BCUT2D eigenvalue weighted by Gasteiger charge is 2.16. The van der Waals surface area contributed by atoms with E-state index in [4.69, 9.17) is 9.47 Å². The van der Waals surface area contributed by atoms with Gasteiger partial charge in [0, 0.05) is 39.5 Å². The molecule has 1 aromatic carbocycles. The molecule has 0 aliphatic rings. The molecule has 9 nitrogen and oxygen atoms in total. The van der Waals surface area contributed by atoms with Crippen LogP contribution in [0, 0.1) is 0 Å². The van der Waals surface area contributed by atoms with Crippen LogP contribution in [0.4, 0.5) is 10.5 Å². The fourth-order valence-electron chi connectivity index (χ4n) is 3.38. The van der Waals surface area contributed by atoms with Crippen LogP contribution in [0.1, 0.15) is 26.5 Å². The maximum absolute atomic E-state index is 12.4. The molecule has 4 rings (SSSR count). The molecule has 0 aliphatic heterocycles. The molecule has 1 N–H and O–H groups in total. The Morgan fingerprint density at radius 2 is 1.91 bits per heavy atom. The minimum atomic E-state index is -0.592. The third-order valence-corrected chi connectivity index (χ3v) is 5.24. The number of fused-ring (bicyclic) bond motifs is 2. The summed E-state index contributed by atoms with van der Waals surface area (Å²) in [4.78, 5) is 41.1. The highest BCUT2D eigenvalue weighted by Crippen LogP contribution is 2.21. The first-order valence-electron chi connectivity index (χ1n) is 10.5. The summed E-state index contributed by atoms with van der Waals surface area (Å²) < 4.78 is 14.5. The number of halogens is 1. The Kier molecular flexibility index (Phi) is 6.43. The van der Waals surface area contributed by atoms with E-state index in [0.29, 0.717) is 17.0 Å². The standard InChI is InChI=1S/C24H23BrN4O5/c1-24(2,3)34-23(32)27-17-5-6-19-15(10-17)8-9-28(19)13-22(31)33-14-18-11-21(30)29-12-16(25)4-7-20(29)26-18/h4-12H,13-14H2,1-3H3,(H,27,32). The summed E-state index contributed by atoms with van der Waals surface area (Å²) in [5.74, 6) is -0.466. The molecule has 0 atom stereocenters. The van der Waals surface area contributed by atoms with Crippen molar-refractivity contribution in [2.24, 2.45) is 0 Å². The van der Waals surface area contributed by atoms with E-state index in [0.717, 1.165) is 15.4 Å². The summed E-state index contributed by atoms with van der Waals surface area (Å²) in [6.07, 6.45) is 2.86. The number of pyridine rings is 1. The average Bonchev–Trinajstić information content (AvgIpc) is 3.13. The number of hydrogen-bond donors (Lipinski definition) is 1. The van der Waals surface area contributed by atoms with Gasteiger partial charge in [0.05, 0.1) is 5.69 Å². The van der Waals surface area contributed by atoms with Crippen molar-refractivity contribution in [3.8, 4) is 0 Å². The van der Waals surface area contributed by atoms with Crippen LogP contribution >= 0.6 is 15.9 Å². The topological polar surface area (TPSA) is 104 Å². The molecular formula is C24H23BrN4O5. The first-order chi connectivity index (χ1) is 16.1. The minimum absolute atomic E-state index is 0.0121. The monoisotopic (exact) mass is 526 g/mol. The molecule has 0 saturated carbocycles. The van der Waals surface area contributed by atoms with Crippen LogP contribution in [0.25, 0.3) is 16.6 Å². The second-order valence-corrected chi connectivity index (χ2v) is 9.58. The van der Waals surface area contributed by atoms with Crippen molar-refractivity contribution in [3.05, 3.63) is 75.4 Å². The Bertz CT molecular complexity index is 1450. The van der Waals surface area contributed by atoms with Gasteiger partial charge in [-0.2, -0.15) is 0 Å². The molecule has 0 bridgehead atoms. The summed E-state index contributed by atoms with van der Waals surface area (Å²) in [6, 6.07) is 12.0. The Morgan fingerprint density at radius 1 is 1.12 bits per heavy atom. The predicted octanol–water partition coefficient (Wildman–Crippen LogP) is 4.50. The zero-order valence-electron chi connectivity index (χ0n) is 18.9. The van der Waals surface area contributed by atoms with Crippen LogP contribution in [0.3, 0.4) is 0 Å². The van der Waals surface area contributed by atoms with Crippen molar-refractivity contribution in [2.75, 3.05) is 5.32 Å². The highest BCUT2D eigenvalue weighted by molar-refractivity contribution is 9.10. The fraction of sp³-hybridized carbons (Fsp3) is 0.250. The van der Waals surface area contributed by atoms with Gasteiger partial charge in [0.2, 0.25) is 0 Å². The summed E-state index contributed by atoms with van der Waals surface area (Å²) in [5.41, 5.74) is 1.38. The third-order valence-electron chi connectivity index (χ3n) is 4.77. The number of hydrogen-bond acceptors (Lipinski definition) is 6. The number of nitrogens with one attached hydrogen (secondary N) is 1. The molecular weight excluding hydrogens is 504 g/mol. The second-order valence-electron chi connectivity index (χ2n) is 8.67. The van der Waals surface area contributed by atoms with Crippen LogP contribution in [-0.2, 0) is 27.4 Å². The maximum atomic E-state index is 12.4. The summed E-state index contributed by atoms with van der Waals surface area (Å²) in [5, 5.41) is 3.54. The van der Waals surface area contributed by atoms with Crippen molar-refractivity contribution in [1.82, 2.24) is 14.0 Å². The van der Waals surface area contributed by atoms with Crippen molar-refractivity contribution in [2.45, 2.75) is 39.5 Å². The van der Waals surface area contributed by atoms with Crippen LogP contribution in [0.2, 0.25) is 0 Å². The fourth-order valence-corrected chi connectivity index (χ4v) is 3.71. The smallest absolute Gasteiger partial charge is 0.412 e. The number of amides is 1. The van der Waals surface area contributed by atoms with E-state index in [1.165, 1.54) is 10.5 Å². The van der Waals surface area contributed by atoms with Crippen molar-refractivity contribution in [3.63, 3.8) is 0 Å². The van der Waals surface area contributed by atoms with E-state index in [1.807, 2.05) is 6.07 Å². The summed E-state index contributed by atoms with van der Waals surface area (Å²) in [7, 11) is 0. The number of esters is 1. The molecule has 176 valence electrons. The second kappa shape index (κ2) is 9.30. The molecule has 1 amide bonds. The van der Waals surface area contributed by atoms with Crippen molar-refractivity contribution >= 4 is 50.2 Å². The van der Waals surface area contributed by atoms with E-state index < -0.39 is 17.7 Å². The molecule has 3 aromatic heterocycles. The largest absolute Gasteiger partial charge is 0.458 e.